The van der Waals surface area contributed by atoms with Gasteiger partial charge in [0.1, 0.15) is 0 Å². The quantitative estimate of drug-likeness (QED) is 0.756. The molecule has 2 rings (SSSR count). The Balaban J connectivity index is 2.24. The Labute approximate surface area is 89.7 Å². The molecule has 2 atom stereocenters. The molecule has 0 aromatic heterocycles. The van der Waals surface area contributed by atoms with Crippen LogP contribution in [0.2, 0.25) is 5.02 Å². The fraction of sp³-hybridized carbons (Fsp3) is 0.500. The van der Waals surface area contributed by atoms with Crippen molar-refractivity contribution in [3.05, 3.63) is 34.9 Å². The van der Waals surface area contributed by atoms with E-state index in [2.05, 4.69) is 19.9 Å². The smallest absolute Gasteiger partial charge is 0.0603 e. The summed E-state index contributed by atoms with van der Waals surface area (Å²) < 4.78 is 0. The summed E-state index contributed by atoms with van der Waals surface area (Å²) in [5.74, 6) is 1.16. The second-order valence-electron chi connectivity index (χ2n) is 4.29. The predicted octanol–water partition coefficient (Wildman–Crippen LogP) is 3.07. The summed E-state index contributed by atoms with van der Waals surface area (Å²) in [5, 5.41) is 10.4. The lowest BCUT2D eigenvalue weighted by Gasteiger charge is -2.46. The molecule has 2 unspecified atom stereocenters. The van der Waals surface area contributed by atoms with E-state index >= 15 is 0 Å². The van der Waals surface area contributed by atoms with Crippen molar-refractivity contribution >= 4 is 11.6 Å². The normalized spacial score (nSPS) is 36.6. The van der Waals surface area contributed by atoms with Crippen molar-refractivity contribution in [1.82, 2.24) is 0 Å². The molecule has 0 saturated heterocycles. The van der Waals surface area contributed by atoms with Crippen molar-refractivity contribution < 1.29 is 5.11 Å². The molecule has 76 valence electrons. The zero-order chi connectivity index (χ0) is 10.3. The van der Waals surface area contributed by atoms with Gasteiger partial charge >= 0.3 is 0 Å². The first-order valence-corrected chi connectivity index (χ1v) is 5.42. The van der Waals surface area contributed by atoms with Gasteiger partial charge in [0.05, 0.1) is 6.10 Å². The largest absolute Gasteiger partial charge is 0.393 e. The average Bonchev–Trinajstić information content (AvgIpc) is 2.18. The monoisotopic (exact) mass is 210 g/mol. The van der Waals surface area contributed by atoms with Crippen LogP contribution in [0.4, 0.5) is 0 Å². The second kappa shape index (κ2) is 3.56. The number of hydrogen-bond donors (Lipinski definition) is 1. The maximum absolute atomic E-state index is 9.65. The molecule has 1 aromatic carbocycles. The van der Waals surface area contributed by atoms with Gasteiger partial charge < -0.3 is 5.11 Å². The van der Waals surface area contributed by atoms with Crippen LogP contribution in [0.15, 0.2) is 24.3 Å². The van der Waals surface area contributed by atoms with Crippen molar-refractivity contribution in [2.24, 2.45) is 11.8 Å². The van der Waals surface area contributed by atoms with E-state index in [0.717, 1.165) is 5.02 Å². The summed E-state index contributed by atoms with van der Waals surface area (Å²) in [6.45, 7) is 4.19. The van der Waals surface area contributed by atoms with Gasteiger partial charge in [0.2, 0.25) is 0 Å². The number of halogens is 1. The lowest BCUT2D eigenvalue weighted by atomic mass is 9.61. The van der Waals surface area contributed by atoms with Crippen LogP contribution in [-0.4, -0.2) is 11.2 Å². The minimum absolute atomic E-state index is 0.154. The Morgan fingerprint density at radius 3 is 2.43 bits per heavy atom. The number of aliphatic hydroxyl groups excluding tert-OH is 1. The van der Waals surface area contributed by atoms with E-state index in [9.17, 15) is 5.11 Å². The van der Waals surface area contributed by atoms with Crippen molar-refractivity contribution in [1.29, 1.82) is 0 Å². The van der Waals surface area contributed by atoms with E-state index in [1.54, 1.807) is 0 Å². The Morgan fingerprint density at radius 1 is 1.21 bits per heavy atom. The number of aliphatic hydroxyl groups is 1. The van der Waals surface area contributed by atoms with Crippen LogP contribution in [0, 0.1) is 11.8 Å². The fourth-order valence-electron chi connectivity index (χ4n) is 2.56. The van der Waals surface area contributed by atoms with E-state index in [4.69, 9.17) is 11.6 Å². The summed E-state index contributed by atoms with van der Waals surface area (Å²) in [6, 6.07) is 7.96. The lowest BCUT2D eigenvalue weighted by molar-refractivity contribution is -0.0474. The second-order valence-corrected chi connectivity index (χ2v) is 4.73. The number of hydrogen-bond acceptors (Lipinski definition) is 1. The van der Waals surface area contributed by atoms with Crippen LogP contribution < -0.4 is 0 Å². The SMILES string of the molecule is CC1C(O)C(C)C1c1cccc(Cl)c1. The molecule has 1 aromatic rings. The maximum Gasteiger partial charge on any atom is 0.0603 e. The highest BCUT2D eigenvalue weighted by atomic mass is 35.5. The number of rotatable bonds is 1. The first kappa shape index (κ1) is 10.0. The first-order valence-electron chi connectivity index (χ1n) is 5.05. The zero-order valence-corrected chi connectivity index (χ0v) is 9.20. The molecular weight excluding hydrogens is 196 g/mol. The van der Waals surface area contributed by atoms with Crippen LogP contribution in [0.25, 0.3) is 0 Å². The standard InChI is InChI=1S/C12H15ClO/c1-7-11(8(2)12(7)14)9-4-3-5-10(13)6-9/h3-8,11-12,14H,1-2H3. The molecule has 1 N–H and O–H groups in total. The fourth-order valence-corrected chi connectivity index (χ4v) is 2.76. The molecule has 0 radical (unpaired) electrons. The minimum Gasteiger partial charge on any atom is -0.393 e. The van der Waals surface area contributed by atoms with E-state index in [-0.39, 0.29) is 6.10 Å². The number of benzene rings is 1. The molecule has 0 amide bonds. The topological polar surface area (TPSA) is 20.2 Å². The summed E-state index contributed by atoms with van der Waals surface area (Å²) in [6.07, 6.45) is -0.154. The molecule has 2 heteroatoms. The van der Waals surface area contributed by atoms with Crippen LogP contribution in [-0.2, 0) is 0 Å². The van der Waals surface area contributed by atoms with Gasteiger partial charge in [0.15, 0.2) is 0 Å². The van der Waals surface area contributed by atoms with Crippen LogP contribution in [0.3, 0.4) is 0 Å². The summed E-state index contributed by atoms with van der Waals surface area (Å²) in [4.78, 5) is 0. The van der Waals surface area contributed by atoms with E-state index in [1.165, 1.54) is 5.56 Å². The molecule has 0 bridgehead atoms. The molecule has 1 fully saturated rings. The lowest BCUT2D eigenvalue weighted by Crippen LogP contribution is -2.46. The first-order chi connectivity index (χ1) is 6.61. The molecule has 1 saturated carbocycles. The summed E-state index contributed by atoms with van der Waals surface area (Å²) >= 11 is 5.94. The van der Waals surface area contributed by atoms with Crippen LogP contribution >= 0.6 is 11.6 Å². The highest BCUT2D eigenvalue weighted by Crippen LogP contribution is 2.47. The Morgan fingerprint density at radius 2 is 1.86 bits per heavy atom. The van der Waals surface area contributed by atoms with Gasteiger partial charge in [-0.2, -0.15) is 0 Å². The van der Waals surface area contributed by atoms with E-state index in [1.807, 2.05) is 18.2 Å². The molecule has 0 heterocycles. The van der Waals surface area contributed by atoms with Gasteiger partial charge in [0.25, 0.3) is 0 Å². The van der Waals surface area contributed by atoms with Crippen molar-refractivity contribution in [2.45, 2.75) is 25.9 Å². The van der Waals surface area contributed by atoms with Crippen molar-refractivity contribution in [3.63, 3.8) is 0 Å². The molecule has 1 aliphatic carbocycles. The van der Waals surface area contributed by atoms with Gasteiger partial charge in [-0.05, 0) is 35.4 Å². The molecule has 1 nitrogen and oxygen atoms in total. The molecule has 0 spiro atoms. The van der Waals surface area contributed by atoms with E-state index in [0.29, 0.717) is 17.8 Å². The summed E-state index contributed by atoms with van der Waals surface area (Å²) in [5.41, 5.74) is 1.25. The van der Waals surface area contributed by atoms with E-state index < -0.39 is 0 Å². The molecule has 14 heavy (non-hydrogen) atoms. The third-order valence-corrected chi connectivity index (χ3v) is 3.68. The Kier molecular flexibility index (Phi) is 2.54. The molecule has 1 aliphatic rings. The van der Waals surface area contributed by atoms with Crippen LogP contribution in [0.1, 0.15) is 25.3 Å². The van der Waals surface area contributed by atoms with Crippen LogP contribution in [0.5, 0.6) is 0 Å². The maximum atomic E-state index is 9.65. The Hall–Kier alpha value is -0.530. The highest BCUT2D eigenvalue weighted by molar-refractivity contribution is 6.30. The van der Waals surface area contributed by atoms with Crippen molar-refractivity contribution in [3.8, 4) is 0 Å². The zero-order valence-electron chi connectivity index (χ0n) is 8.44. The highest BCUT2D eigenvalue weighted by Gasteiger charge is 2.44. The van der Waals surface area contributed by atoms with Gasteiger partial charge in [-0.15, -0.1) is 0 Å². The summed E-state index contributed by atoms with van der Waals surface area (Å²) in [7, 11) is 0. The average molecular weight is 211 g/mol. The Bertz CT molecular complexity index is 327. The third-order valence-electron chi connectivity index (χ3n) is 3.44. The van der Waals surface area contributed by atoms with Gasteiger partial charge in [-0.1, -0.05) is 37.6 Å². The molecular formula is C12H15ClO. The van der Waals surface area contributed by atoms with Crippen molar-refractivity contribution in [2.75, 3.05) is 0 Å². The van der Waals surface area contributed by atoms with Gasteiger partial charge in [0, 0.05) is 5.02 Å². The van der Waals surface area contributed by atoms with Gasteiger partial charge in [-0.3, -0.25) is 0 Å². The third kappa shape index (κ3) is 1.45. The molecule has 0 aliphatic heterocycles. The van der Waals surface area contributed by atoms with Gasteiger partial charge in [-0.25, -0.2) is 0 Å². The predicted molar refractivity (Wildman–Crippen MR) is 58.5 cm³/mol. The minimum atomic E-state index is -0.154.